The van der Waals surface area contributed by atoms with Gasteiger partial charge in [0.05, 0.1) is 16.8 Å². The van der Waals surface area contributed by atoms with E-state index in [1.165, 1.54) is 12.1 Å². The van der Waals surface area contributed by atoms with E-state index in [1.807, 2.05) is 42.5 Å². The molecule has 5 nitrogen and oxygen atoms in total. The van der Waals surface area contributed by atoms with Crippen molar-refractivity contribution in [2.24, 2.45) is 0 Å². The zero-order valence-corrected chi connectivity index (χ0v) is 13.7. The molecule has 0 saturated heterocycles. The molecule has 5 heteroatoms. The number of aldehydes is 1. The summed E-state index contributed by atoms with van der Waals surface area (Å²) in [5, 5.41) is 15.7. The second-order valence-corrected chi connectivity index (χ2v) is 5.91. The van der Waals surface area contributed by atoms with E-state index in [1.54, 1.807) is 23.0 Å². The average Bonchev–Trinajstić information content (AvgIpc) is 3.12. The minimum absolute atomic E-state index is 0.200. The predicted molar refractivity (Wildman–Crippen MR) is 98.9 cm³/mol. The number of aromatic nitrogens is 2. The van der Waals surface area contributed by atoms with Crippen LogP contribution in [0.4, 0.5) is 0 Å². The van der Waals surface area contributed by atoms with Crippen LogP contribution in [0.25, 0.3) is 27.7 Å². The number of carbonyl (C=O) groups is 2. The molecule has 0 bridgehead atoms. The molecule has 0 aliphatic heterocycles. The first-order valence-corrected chi connectivity index (χ1v) is 8.03. The second-order valence-electron chi connectivity index (χ2n) is 5.91. The van der Waals surface area contributed by atoms with E-state index in [9.17, 15) is 9.59 Å². The summed E-state index contributed by atoms with van der Waals surface area (Å²) in [6.07, 6.45) is 2.42. The zero-order valence-electron chi connectivity index (χ0n) is 13.7. The van der Waals surface area contributed by atoms with Crippen LogP contribution in [0.1, 0.15) is 20.7 Å². The quantitative estimate of drug-likeness (QED) is 0.564. The molecule has 4 aromatic rings. The number of hydrogen-bond acceptors (Lipinski definition) is 3. The lowest BCUT2D eigenvalue weighted by molar-refractivity contribution is 0.0696. The lowest BCUT2D eigenvalue weighted by Crippen LogP contribution is -1.98. The van der Waals surface area contributed by atoms with Crippen molar-refractivity contribution in [2.45, 2.75) is 0 Å². The Labute approximate surface area is 149 Å². The molecular weight excluding hydrogens is 328 g/mol. The van der Waals surface area contributed by atoms with Crippen molar-refractivity contribution < 1.29 is 14.7 Å². The lowest BCUT2D eigenvalue weighted by atomic mass is 10.0. The predicted octanol–water partition coefficient (Wildman–Crippen LogP) is 4.20. The molecule has 0 fully saturated rings. The molecule has 126 valence electrons. The molecule has 4 rings (SSSR count). The molecule has 0 unspecified atom stereocenters. The number of aromatic carboxylic acids is 1. The maximum absolute atomic E-state index is 11.5. The highest BCUT2D eigenvalue weighted by Gasteiger charge is 2.13. The van der Waals surface area contributed by atoms with Crippen molar-refractivity contribution in [1.82, 2.24) is 9.78 Å². The Bertz CT molecular complexity index is 1130. The first-order chi connectivity index (χ1) is 12.7. The number of fused-ring (bicyclic) bond motifs is 1. The summed E-state index contributed by atoms with van der Waals surface area (Å²) in [7, 11) is 0. The monoisotopic (exact) mass is 342 g/mol. The highest BCUT2D eigenvalue weighted by molar-refractivity contribution is 5.91. The van der Waals surface area contributed by atoms with E-state index < -0.39 is 5.97 Å². The second kappa shape index (κ2) is 6.29. The summed E-state index contributed by atoms with van der Waals surface area (Å²) >= 11 is 0. The van der Waals surface area contributed by atoms with Gasteiger partial charge in [-0.15, -0.1) is 0 Å². The highest BCUT2D eigenvalue weighted by Crippen LogP contribution is 2.26. The SMILES string of the molecule is O=Cc1cn(-c2ccc(C(=O)O)cc2)nc1-c1ccc2ccccc2c1. The molecule has 0 saturated carbocycles. The number of rotatable bonds is 4. The number of carboxylic acid groups (broad SMARTS) is 1. The van der Waals surface area contributed by atoms with E-state index >= 15 is 0 Å². The minimum Gasteiger partial charge on any atom is -0.478 e. The van der Waals surface area contributed by atoms with Gasteiger partial charge in [0.1, 0.15) is 5.69 Å². The van der Waals surface area contributed by atoms with Crippen LogP contribution in [0.2, 0.25) is 0 Å². The van der Waals surface area contributed by atoms with Crippen molar-refractivity contribution in [1.29, 1.82) is 0 Å². The van der Waals surface area contributed by atoms with Gasteiger partial charge >= 0.3 is 5.97 Å². The molecule has 26 heavy (non-hydrogen) atoms. The molecule has 0 radical (unpaired) electrons. The van der Waals surface area contributed by atoms with Crippen LogP contribution in [0.5, 0.6) is 0 Å². The maximum atomic E-state index is 11.5. The van der Waals surface area contributed by atoms with Crippen LogP contribution in [0.3, 0.4) is 0 Å². The number of carboxylic acids is 1. The molecule has 0 spiro atoms. The van der Waals surface area contributed by atoms with Crippen LogP contribution in [0.15, 0.2) is 72.9 Å². The number of carbonyl (C=O) groups excluding carboxylic acids is 1. The van der Waals surface area contributed by atoms with Crippen molar-refractivity contribution in [3.8, 4) is 16.9 Å². The lowest BCUT2D eigenvalue weighted by Gasteiger charge is -2.03. The Morgan fingerprint density at radius 1 is 0.962 bits per heavy atom. The standard InChI is InChI=1S/C21H14N2O3/c24-13-18-12-23(19-9-7-15(8-10-19)21(25)26)22-20(18)17-6-5-14-3-1-2-4-16(14)11-17/h1-13H,(H,25,26). The third-order valence-electron chi connectivity index (χ3n) is 4.27. The molecule has 0 amide bonds. The number of benzene rings is 3. The number of hydrogen-bond donors (Lipinski definition) is 1. The normalized spacial score (nSPS) is 10.8. The summed E-state index contributed by atoms with van der Waals surface area (Å²) in [5.41, 5.74) is 2.80. The minimum atomic E-state index is -0.984. The van der Waals surface area contributed by atoms with E-state index in [0.717, 1.165) is 22.6 Å². The highest BCUT2D eigenvalue weighted by atomic mass is 16.4. The molecular formula is C21H14N2O3. The third-order valence-corrected chi connectivity index (χ3v) is 4.27. The first kappa shape index (κ1) is 15.8. The fourth-order valence-electron chi connectivity index (χ4n) is 2.92. The van der Waals surface area contributed by atoms with E-state index in [-0.39, 0.29) is 5.56 Å². The van der Waals surface area contributed by atoms with Gasteiger partial charge in [-0.25, -0.2) is 9.48 Å². The van der Waals surface area contributed by atoms with Gasteiger partial charge in [-0.2, -0.15) is 5.10 Å². The molecule has 1 N–H and O–H groups in total. The van der Waals surface area contributed by atoms with Crippen LogP contribution in [-0.4, -0.2) is 27.1 Å². The fraction of sp³-hybridized carbons (Fsp3) is 0. The summed E-state index contributed by atoms with van der Waals surface area (Å²) in [6, 6.07) is 20.3. The molecule has 0 aliphatic carbocycles. The molecule has 1 heterocycles. The van der Waals surface area contributed by atoms with Gasteiger partial charge in [0, 0.05) is 11.8 Å². The Morgan fingerprint density at radius 2 is 1.69 bits per heavy atom. The average molecular weight is 342 g/mol. The van der Waals surface area contributed by atoms with Gasteiger partial charge in [0.25, 0.3) is 0 Å². The van der Waals surface area contributed by atoms with Gasteiger partial charge in [-0.05, 0) is 41.1 Å². The van der Waals surface area contributed by atoms with Crippen molar-refractivity contribution in [3.05, 3.63) is 84.1 Å². The summed E-state index contributed by atoms with van der Waals surface area (Å²) < 4.78 is 1.58. The van der Waals surface area contributed by atoms with Crippen LogP contribution in [0, 0.1) is 0 Å². The van der Waals surface area contributed by atoms with Crippen LogP contribution >= 0.6 is 0 Å². The largest absolute Gasteiger partial charge is 0.478 e. The first-order valence-electron chi connectivity index (χ1n) is 8.03. The molecule has 1 aromatic heterocycles. The molecule has 0 aliphatic rings. The van der Waals surface area contributed by atoms with Gasteiger partial charge < -0.3 is 5.11 Å². The Hall–Kier alpha value is -3.73. The van der Waals surface area contributed by atoms with Gasteiger partial charge in [-0.1, -0.05) is 36.4 Å². The molecule has 3 aromatic carbocycles. The van der Waals surface area contributed by atoms with Crippen molar-refractivity contribution >= 4 is 23.0 Å². The van der Waals surface area contributed by atoms with E-state index in [2.05, 4.69) is 5.10 Å². The topological polar surface area (TPSA) is 72.2 Å². The zero-order chi connectivity index (χ0) is 18.1. The smallest absolute Gasteiger partial charge is 0.335 e. The number of nitrogens with zero attached hydrogens (tertiary/aromatic N) is 2. The summed E-state index contributed by atoms with van der Waals surface area (Å²) in [6.45, 7) is 0. The molecule has 0 atom stereocenters. The summed E-state index contributed by atoms with van der Waals surface area (Å²) in [4.78, 5) is 22.5. The third kappa shape index (κ3) is 2.75. The Balaban J connectivity index is 1.79. The fourth-order valence-corrected chi connectivity index (χ4v) is 2.92. The van der Waals surface area contributed by atoms with Gasteiger partial charge in [0.2, 0.25) is 0 Å². The van der Waals surface area contributed by atoms with E-state index in [0.29, 0.717) is 16.9 Å². The Kier molecular flexibility index (Phi) is 3.82. The van der Waals surface area contributed by atoms with Crippen molar-refractivity contribution in [2.75, 3.05) is 0 Å². The van der Waals surface area contributed by atoms with Crippen LogP contribution < -0.4 is 0 Å². The van der Waals surface area contributed by atoms with Crippen molar-refractivity contribution in [3.63, 3.8) is 0 Å². The maximum Gasteiger partial charge on any atom is 0.335 e. The van der Waals surface area contributed by atoms with Crippen LogP contribution in [-0.2, 0) is 0 Å². The summed E-state index contributed by atoms with van der Waals surface area (Å²) in [5.74, 6) is -0.984. The Morgan fingerprint density at radius 3 is 2.38 bits per heavy atom. The van der Waals surface area contributed by atoms with Gasteiger partial charge in [0.15, 0.2) is 6.29 Å². The van der Waals surface area contributed by atoms with E-state index in [4.69, 9.17) is 5.11 Å². The van der Waals surface area contributed by atoms with Gasteiger partial charge in [-0.3, -0.25) is 4.79 Å².